The van der Waals surface area contributed by atoms with Crippen LogP contribution in [0.15, 0.2) is 24.3 Å². The van der Waals surface area contributed by atoms with Crippen molar-refractivity contribution in [2.45, 2.75) is 58.6 Å². The van der Waals surface area contributed by atoms with Gasteiger partial charge in [-0.05, 0) is 57.7 Å². The standard InChI is InChI=1S/C20H32N2O3/c1-5-15(11-13-23)14-21-17-10-12-22(19(24)25-20(2,3)4)18-9-7-6-8-16(17)18/h6-9,15,17,21,23H,5,10-14H2,1-4H3. The van der Waals surface area contributed by atoms with Crippen molar-refractivity contribution in [1.29, 1.82) is 0 Å². The van der Waals surface area contributed by atoms with Crippen molar-refractivity contribution in [2.75, 3.05) is 24.6 Å². The molecule has 2 N–H and O–H groups in total. The van der Waals surface area contributed by atoms with Gasteiger partial charge < -0.3 is 15.2 Å². The van der Waals surface area contributed by atoms with E-state index in [-0.39, 0.29) is 18.7 Å². The fraction of sp³-hybridized carbons (Fsp3) is 0.650. The van der Waals surface area contributed by atoms with E-state index in [1.165, 1.54) is 0 Å². The van der Waals surface area contributed by atoms with E-state index < -0.39 is 5.60 Å². The van der Waals surface area contributed by atoms with Crippen LogP contribution < -0.4 is 10.2 Å². The van der Waals surface area contributed by atoms with Gasteiger partial charge in [0.15, 0.2) is 0 Å². The number of aliphatic hydroxyl groups is 1. The van der Waals surface area contributed by atoms with Crippen LogP contribution in [-0.2, 0) is 4.74 Å². The number of rotatable bonds is 6. The molecular formula is C20H32N2O3. The highest BCUT2D eigenvalue weighted by Gasteiger charge is 2.31. The topological polar surface area (TPSA) is 61.8 Å². The van der Waals surface area contributed by atoms with Gasteiger partial charge in [0, 0.05) is 19.2 Å². The van der Waals surface area contributed by atoms with Crippen LogP contribution in [0.1, 0.15) is 58.6 Å². The molecule has 0 radical (unpaired) electrons. The summed E-state index contributed by atoms with van der Waals surface area (Å²) >= 11 is 0. The fourth-order valence-electron chi connectivity index (χ4n) is 3.22. The third kappa shape index (κ3) is 5.44. The summed E-state index contributed by atoms with van der Waals surface area (Å²) < 4.78 is 5.56. The zero-order valence-corrected chi connectivity index (χ0v) is 15.9. The molecule has 1 aliphatic heterocycles. The normalized spacial score (nSPS) is 18.6. The van der Waals surface area contributed by atoms with Crippen LogP contribution in [0.3, 0.4) is 0 Å². The Kier molecular flexibility index (Phi) is 6.85. The van der Waals surface area contributed by atoms with Gasteiger partial charge in [0.1, 0.15) is 5.60 Å². The average molecular weight is 348 g/mol. The number of carbonyl (C=O) groups is 1. The maximum Gasteiger partial charge on any atom is 0.414 e. The summed E-state index contributed by atoms with van der Waals surface area (Å²) in [6, 6.07) is 8.26. The lowest BCUT2D eigenvalue weighted by Crippen LogP contribution is -2.43. The van der Waals surface area contributed by atoms with E-state index in [1.54, 1.807) is 4.90 Å². The van der Waals surface area contributed by atoms with Gasteiger partial charge >= 0.3 is 6.09 Å². The third-order valence-electron chi connectivity index (χ3n) is 4.63. The summed E-state index contributed by atoms with van der Waals surface area (Å²) in [6.07, 6.45) is 2.43. The molecule has 1 heterocycles. The Hall–Kier alpha value is -1.59. The number of nitrogens with zero attached hydrogens (tertiary/aromatic N) is 1. The summed E-state index contributed by atoms with van der Waals surface area (Å²) in [5.41, 5.74) is 1.56. The number of ether oxygens (including phenoxy) is 1. The quantitative estimate of drug-likeness (QED) is 0.819. The Labute approximate surface area is 151 Å². The number of fused-ring (bicyclic) bond motifs is 1. The summed E-state index contributed by atoms with van der Waals surface area (Å²) in [7, 11) is 0. The van der Waals surface area contributed by atoms with Crippen LogP contribution in [0.5, 0.6) is 0 Å². The molecule has 2 unspecified atom stereocenters. The molecule has 5 nitrogen and oxygen atoms in total. The first-order valence-corrected chi connectivity index (χ1v) is 9.29. The van der Waals surface area contributed by atoms with Gasteiger partial charge in [0.25, 0.3) is 0 Å². The van der Waals surface area contributed by atoms with Crippen LogP contribution in [0, 0.1) is 5.92 Å². The molecule has 0 spiro atoms. The van der Waals surface area contributed by atoms with Gasteiger partial charge in [0.05, 0.1) is 5.69 Å². The van der Waals surface area contributed by atoms with Crippen molar-refractivity contribution in [3.8, 4) is 0 Å². The van der Waals surface area contributed by atoms with E-state index in [0.29, 0.717) is 12.5 Å². The van der Waals surface area contributed by atoms with Gasteiger partial charge in [-0.25, -0.2) is 4.79 Å². The zero-order valence-electron chi connectivity index (χ0n) is 15.9. The lowest BCUT2D eigenvalue weighted by atomic mass is 9.95. The summed E-state index contributed by atoms with van der Waals surface area (Å²) in [5.74, 6) is 0.473. The Morgan fingerprint density at radius 3 is 2.76 bits per heavy atom. The van der Waals surface area contributed by atoms with Crippen LogP contribution in [0.25, 0.3) is 0 Å². The number of hydrogen-bond acceptors (Lipinski definition) is 4. The van der Waals surface area contributed by atoms with Crippen molar-refractivity contribution < 1.29 is 14.6 Å². The van der Waals surface area contributed by atoms with E-state index in [2.05, 4.69) is 18.3 Å². The molecule has 0 saturated carbocycles. The second-order valence-corrected chi connectivity index (χ2v) is 7.73. The monoisotopic (exact) mass is 348 g/mol. The minimum Gasteiger partial charge on any atom is -0.443 e. The second kappa shape index (κ2) is 8.68. The Morgan fingerprint density at radius 1 is 1.40 bits per heavy atom. The third-order valence-corrected chi connectivity index (χ3v) is 4.63. The molecule has 140 valence electrons. The number of amides is 1. The van der Waals surface area contributed by atoms with Crippen molar-refractivity contribution in [3.05, 3.63) is 29.8 Å². The molecule has 1 aromatic rings. The lowest BCUT2D eigenvalue weighted by molar-refractivity contribution is 0.0575. The van der Waals surface area contributed by atoms with Gasteiger partial charge in [-0.3, -0.25) is 4.90 Å². The zero-order chi connectivity index (χ0) is 18.4. The molecule has 0 bridgehead atoms. The number of benzene rings is 1. The fourth-order valence-corrected chi connectivity index (χ4v) is 3.22. The largest absolute Gasteiger partial charge is 0.443 e. The SMILES string of the molecule is CCC(CCO)CNC1CCN(C(=O)OC(C)(C)C)c2ccccc21. The van der Waals surface area contributed by atoms with Gasteiger partial charge in [0.2, 0.25) is 0 Å². The average Bonchev–Trinajstić information content (AvgIpc) is 2.56. The van der Waals surface area contributed by atoms with Crippen LogP contribution in [0.2, 0.25) is 0 Å². The van der Waals surface area contributed by atoms with Crippen molar-refractivity contribution in [2.24, 2.45) is 5.92 Å². The number of hydrogen-bond donors (Lipinski definition) is 2. The molecule has 0 fully saturated rings. The summed E-state index contributed by atoms with van der Waals surface area (Å²) in [5, 5.41) is 12.8. The number of anilines is 1. The van der Waals surface area contributed by atoms with E-state index in [9.17, 15) is 4.79 Å². The predicted octanol–water partition coefficient (Wildman–Crippen LogP) is 3.87. The van der Waals surface area contributed by atoms with Crippen molar-refractivity contribution in [1.82, 2.24) is 5.32 Å². The van der Waals surface area contributed by atoms with E-state index >= 15 is 0 Å². The molecule has 1 amide bonds. The molecular weight excluding hydrogens is 316 g/mol. The highest BCUT2D eigenvalue weighted by atomic mass is 16.6. The molecule has 0 aliphatic carbocycles. The summed E-state index contributed by atoms with van der Waals surface area (Å²) in [6.45, 7) is 9.56. The number of para-hydroxylation sites is 1. The minimum atomic E-state index is -0.500. The molecule has 25 heavy (non-hydrogen) atoms. The van der Waals surface area contributed by atoms with Crippen LogP contribution in [-0.4, -0.2) is 36.5 Å². The van der Waals surface area contributed by atoms with Crippen molar-refractivity contribution in [3.63, 3.8) is 0 Å². The number of nitrogens with one attached hydrogen (secondary N) is 1. The van der Waals surface area contributed by atoms with E-state index in [1.807, 2.05) is 39.0 Å². The second-order valence-electron chi connectivity index (χ2n) is 7.73. The maximum absolute atomic E-state index is 12.5. The smallest absolute Gasteiger partial charge is 0.414 e. The Balaban J connectivity index is 2.11. The van der Waals surface area contributed by atoms with Gasteiger partial charge in [-0.1, -0.05) is 31.5 Å². The molecule has 0 aromatic heterocycles. The first kappa shape index (κ1) is 19.7. The molecule has 0 saturated heterocycles. The number of carbonyl (C=O) groups excluding carboxylic acids is 1. The van der Waals surface area contributed by atoms with E-state index in [4.69, 9.17) is 9.84 Å². The molecule has 5 heteroatoms. The predicted molar refractivity (Wildman–Crippen MR) is 101 cm³/mol. The van der Waals surface area contributed by atoms with Gasteiger partial charge in [-0.15, -0.1) is 0 Å². The first-order valence-electron chi connectivity index (χ1n) is 9.29. The molecule has 2 atom stereocenters. The van der Waals surface area contributed by atoms with Crippen molar-refractivity contribution >= 4 is 11.8 Å². The van der Waals surface area contributed by atoms with E-state index in [0.717, 1.165) is 37.1 Å². The number of aliphatic hydroxyl groups excluding tert-OH is 1. The maximum atomic E-state index is 12.5. The summed E-state index contributed by atoms with van der Waals surface area (Å²) in [4.78, 5) is 14.3. The molecule has 1 aromatic carbocycles. The molecule has 1 aliphatic rings. The Bertz CT molecular complexity index is 568. The minimum absolute atomic E-state index is 0.225. The Morgan fingerprint density at radius 2 is 2.12 bits per heavy atom. The molecule has 2 rings (SSSR count). The van der Waals surface area contributed by atoms with Crippen LogP contribution in [0.4, 0.5) is 10.5 Å². The van der Waals surface area contributed by atoms with Crippen LogP contribution >= 0.6 is 0 Å². The first-order chi connectivity index (χ1) is 11.9. The highest BCUT2D eigenvalue weighted by Crippen LogP contribution is 2.34. The lowest BCUT2D eigenvalue weighted by Gasteiger charge is -2.36. The highest BCUT2D eigenvalue weighted by molar-refractivity contribution is 5.89. The van der Waals surface area contributed by atoms with Gasteiger partial charge in [-0.2, -0.15) is 0 Å².